The molecule has 0 bridgehead atoms. The molecule has 1 aromatic carbocycles. The van der Waals surface area contributed by atoms with Gasteiger partial charge in [0.2, 0.25) is 5.91 Å². The normalized spacial score (nSPS) is 20.5. The Hall–Kier alpha value is -3.13. The summed E-state index contributed by atoms with van der Waals surface area (Å²) in [5.74, 6) is -1.90. The number of carbonyl (C=O) groups excluding carboxylic acids is 1. The second kappa shape index (κ2) is 9.49. The Morgan fingerprint density at radius 2 is 1.91 bits per heavy atom. The van der Waals surface area contributed by atoms with Gasteiger partial charge >= 0.3 is 6.18 Å². The lowest BCUT2D eigenvalue weighted by atomic mass is 9.99. The highest BCUT2D eigenvalue weighted by Crippen LogP contribution is 2.38. The monoisotopic (exact) mass is 506 g/mol. The standard InChI is InChI=1S/C24H25F3N4O3S/c1-31(23(32)15-7-9-35(33,34)10-8-15)22(24(25,26)27)21-6-5-18(14-29-21)30-19-11-16-3-2-4-17(13-28)20(16)12-19/h2-6,14-15,19,22,30H,7-12H2,1H3. The molecule has 11 heteroatoms. The largest absolute Gasteiger partial charge is 0.414 e. The van der Waals surface area contributed by atoms with Crippen LogP contribution in [-0.2, 0) is 27.5 Å². The average Bonchev–Trinajstić information content (AvgIpc) is 3.21. The van der Waals surface area contributed by atoms with Crippen LogP contribution in [0.5, 0.6) is 0 Å². The topological polar surface area (TPSA) is 103 Å². The summed E-state index contributed by atoms with van der Waals surface area (Å²) in [6.07, 6.45) is -2.10. The third kappa shape index (κ3) is 5.42. The highest BCUT2D eigenvalue weighted by Gasteiger charge is 2.47. The van der Waals surface area contributed by atoms with Crippen LogP contribution < -0.4 is 5.32 Å². The van der Waals surface area contributed by atoms with E-state index in [-0.39, 0.29) is 36.1 Å². The number of rotatable bonds is 5. The van der Waals surface area contributed by atoms with Gasteiger partial charge in [-0.3, -0.25) is 9.78 Å². The van der Waals surface area contributed by atoms with Gasteiger partial charge in [0.15, 0.2) is 6.04 Å². The van der Waals surface area contributed by atoms with Gasteiger partial charge in [-0.25, -0.2) is 8.42 Å². The number of nitriles is 1. The Labute approximate surface area is 201 Å². The Bertz CT molecular complexity index is 1240. The molecule has 1 aliphatic heterocycles. The number of nitrogens with zero attached hydrogens (tertiary/aromatic N) is 3. The van der Waals surface area contributed by atoms with Crippen molar-refractivity contribution in [3.05, 3.63) is 58.9 Å². The molecule has 0 radical (unpaired) electrons. The van der Waals surface area contributed by atoms with Crippen molar-refractivity contribution in [1.29, 1.82) is 5.26 Å². The maximum Gasteiger partial charge on any atom is 0.414 e. The zero-order chi connectivity index (χ0) is 25.4. The maximum atomic E-state index is 14.0. The van der Waals surface area contributed by atoms with Crippen LogP contribution in [0.1, 0.15) is 41.3 Å². The lowest BCUT2D eigenvalue weighted by molar-refractivity contribution is -0.191. The van der Waals surface area contributed by atoms with Crippen molar-refractivity contribution < 1.29 is 26.4 Å². The summed E-state index contributed by atoms with van der Waals surface area (Å²) in [6.45, 7) is 0. The lowest BCUT2D eigenvalue weighted by Gasteiger charge is -2.33. The molecule has 2 atom stereocenters. The van der Waals surface area contributed by atoms with Gasteiger partial charge < -0.3 is 10.2 Å². The molecule has 2 aromatic rings. The van der Waals surface area contributed by atoms with E-state index in [1.54, 1.807) is 6.07 Å². The molecule has 1 aromatic heterocycles. The van der Waals surface area contributed by atoms with Crippen molar-refractivity contribution in [2.24, 2.45) is 5.92 Å². The molecule has 1 fully saturated rings. The van der Waals surface area contributed by atoms with E-state index in [9.17, 15) is 31.6 Å². The number of hydrogen-bond donors (Lipinski definition) is 1. The highest BCUT2D eigenvalue weighted by atomic mass is 32.2. The van der Waals surface area contributed by atoms with E-state index >= 15 is 0 Å². The number of aromatic nitrogens is 1. The quantitative estimate of drug-likeness (QED) is 0.667. The first-order chi connectivity index (χ1) is 16.5. The zero-order valence-corrected chi connectivity index (χ0v) is 19.9. The van der Waals surface area contributed by atoms with Crippen molar-refractivity contribution in [1.82, 2.24) is 9.88 Å². The Kier molecular flexibility index (Phi) is 6.77. The molecule has 0 spiro atoms. The fraction of sp³-hybridized carbons (Fsp3) is 0.458. The molecule has 4 rings (SSSR count). The minimum atomic E-state index is -4.76. The van der Waals surface area contributed by atoms with Crippen LogP contribution in [0, 0.1) is 17.2 Å². The van der Waals surface area contributed by atoms with E-state index < -0.39 is 33.9 Å². The summed E-state index contributed by atoms with van der Waals surface area (Å²) < 4.78 is 65.2. The number of hydrogen-bond acceptors (Lipinski definition) is 6. The van der Waals surface area contributed by atoms with Gasteiger partial charge in [-0.1, -0.05) is 12.1 Å². The zero-order valence-electron chi connectivity index (χ0n) is 19.0. The minimum absolute atomic E-state index is 0.0163. The summed E-state index contributed by atoms with van der Waals surface area (Å²) in [6, 6.07) is 8.23. The fourth-order valence-corrected chi connectivity index (χ4v) is 6.38. The number of anilines is 1. The van der Waals surface area contributed by atoms with E-state index in [2.05, 4.69) is 16.4 Å². The van der Waals surface area contributed by atoms with Crippen molar-refractivity contribution >= 4 is 21.4 Å². The summed E-state index contributed by atoms with van der Waals surface area (Å²) >= 11 is 0. The Morgan fingerprint density at radius 3 is 2.51 bits per heavy atom. The second-order valence-electron chi connectivity index (χ2n) is 9.10. The number of carbonyl (C=O) groups is 1. The number of sulfone groups is 1. The van der Waals surface area contributed by atoms with Gasteiger partial charge in [0.1, 0.15) is 9.84 Å². The molecule has 1 saturated heterocycles. The van der Waals surface area contributed by atoms with Crippen LogP contribution >= 0.6 is 0 Å². The molecule has 2 heterocycles. The third-order valence-electron chi connectivity index (χ3n) is 6.70. The summed E-state index contributed by atoms with van der Waals surface area (Å²) in [7, 11) is -2.16. The van der Waals surface area contributed by atoms with Gasteiger partial charge in [-0.2, -0.15) is 18.4 Å². The first-order valence-corrected chi connectivity index (χ1v) is 13.1. The molecule has 1 aliphatic carbocycles. The van der Waals surface area contributed by atoms with Crippen LogP contribution in [-0.4, -0.2) is 55.0 Å². The number of alkyl halides is 3. The van der Waals surface area contributed by atoms with Crippen LogP contribution in [0.3, 0.4) is 0 Å². The van der Waals surface area contributed by atoms with E-state index in [1.807, 2.05) is 12.1 Å². The van der Waals surface area contributed by atoms with Crippen molar-refractivity contribution in [3.8, 4) is 6.07 Å². The molecule has 0 saturated carbocycles. The predicted molar refractivity (Wildman–Crippen MR) is 123 cm³/mol. The average molecular weight is 507 g/mol. The first kappa shape index (κ1) is 25.0. The van der Waals surface area contributed by atoms with E-state index in [4.69, 9.17) is 0 Å². The fourth-order valence-electron chi connectivity index (χ4n) is 4.88. The number of fused-ring (bicyclic) bond motifs is 1. The second-order valence-corrected chi connectivity index (χ2v) is 11.4. The first-order valence-electron chi connectivity index (χ1n) is 11.3. The number of halogens is 3. The molecule has 1 N–H and O–H groups in total. The minimum Gasteiger partial charge on any atom is -0.380 e. The Morgan fingerprint density at radius 1 is 1.20 bits per heavy atom. The molecule has 186 valence electrons. The number of benzene rings is 1. The smallest absolute Gasteiger partial charge is 0.380 e. The molecular weight excluding hydrogens is 481 g/mol. The van der Waals surface area contributed by atoms with Gasteiger partial charge in [0.25, 0.3) is 0 Å². The van der Waals surface area contributed by atoms with Crippen LogP contribution in [0.15, 0.2) is 36.5 Å². The van der Waals surface area contributed by atoms with Crippen molar-refractivity contribution in [2.75, 3.05) is 23.9 Å². The van der Waals surface area contributed by atoms with Crippen LogP contribution in [0.4, 0.5) is 18.9 Å². The lowest BCUT2D eigenvalue weighted by Crippen LogP contribution is -2.44. The molecule has 7 nitrogen and oxygen atoms in total. The van der Waals surface area contributed by atoms with Crippen molar-refractivity contribution in [2.45, 2.75) is 43.9 Å². The highest BCUT2D eigenvalue weighted by molar-refractivity contribution is 7.91. The molecule has 1 amide bonds. The molecular formula is C24H25F3N4O3S. The summed E-state index contributed by atoms with van der Waals surface area (Å²) in [5.41, 5.74) is 2.89. The van der Waals surface area contributed by atoms with Gasteiger partial charge in [0.05, 0.1) is 40.7 Å². The molecule has 2 unspecified atom stereocenters. The SMILES string of the molecule is CN(C(=O)C1CCS(=O)(=O)CC1)C(c1ccc(NC2Cc3cccc(C#N)c3C2)cn1)C(F)(F)F. The van der Waals surface area contributed by atoms with Crippen LogP contribution in [0.25, 0.3) is 0 Å². The summed E-state index contributed by atoms with van der Waals surface area (Å²) in [4.78, 5) is 17.4. The Balaban J connectivity index is 1.47. The number of nitrogens with one attached hydrogen (secondary N) is 1. The number of amides is 1. The summed E-state index contributed by atoms with van der Waals surface area (Å²) in [5, 5.41) is 12.6. The van der Waals surface area contributed by atoms with Gasteiger partial charge in [-0.15, -0.1) is 0 Å². The van der Waals surface area contributed by atoms with E-state index in [0.29, 0.717) is 29.0 Å². The van der Waals surface area contributed by atoms with Gasteiger partial charge in [0, 0.05) is 19.0 Å². The predicted octanol–water partition coefficient (Wildman–Crippen LogP) is 3.42. The van der Waals surface area contributed by atoms with E-state index in [1.165, 1.54) is 18.3 Å². The van der Waals surface area contributed by atoms with Crippen molar-refractivity contribution in [3.63, 3.8) is 0 Å². The number of pyridine rings is 1. The van der Waals surface area contributed by atoms with Gasteiger partial charge in [-0.05, 0) is 55.0 Å². The van der Waals surface area contributed by atoms with Crippen LogP contribution in [0.2, 0.25) is 0 Å². The molecule has 2 aliphatic rings. The molecule has 35 heavy (non-hydrogen) atoms. The maximum absolute atomic E-state index is 14.0. The van der Waals surface area contributed by atoms with E-state index in [0.717, 1.165) is 18.2 Å². The third-order valence-corrected chi connectivity index (χ3v) is 8.41.